The van der Waals surface area contributed by atoms with Gasteiger partial charge in [-0.05, 0) is 29.0 Å². The molecule has 0 radical (unpaired) electrons. The van der Waals surface area contributed by atoms with Gasteiger partial charge in [-0.3, -0.25) is 4.79 Å². The minimum absolute atomic E-state index is 0.285. The van der Waals surface area contributed by atoms with Crippen LogP contribution in [-0.2, 0) is 4.79 Å². The van der Waals surface area contributed by atoms with Gasteiger partial charge in [0.25, 0.3) is 0 Å². The van der Waals surface area contributed by atoms with E-state index >= 15 is 0 Å². The zero-order valence-electron chi connectivity index (χ0n) is 9.80. The van der Waals surface area contributed by atoms with Crippen LogP contribution in [0.1, 0.15) is 57.8 Å². The average Bonchev–Trinajstić information content (AvgIpc) is 2.56. The fraction of sp³-hybridized carbons (Fsp3) is 0.917. The Morgan fingerprint density at radius 1 is 1.00 bits per heavy atom. The number of rotatable bonds is 1. The van der Waals surface area contributed by atoms with Crippen molar-refractivity contribution in [3.8, 4) is 0 Å². The lowest BCUT2D eigenvalue weighted by Crippen LogP contribution is -2.34. The molecule has 2 aliphatic rings. The monoisotopic (exact) mass is 334 g/mol. The van der Waals surface area contributed by atoms with Crippen LogP contribution < -0.4 is 0 Å². The molecule has 2 heterocycles. The second-order valence-electron chi connectivity index (χ2n) is 5.68. The molecule has 0 aromatic heterocycles. The van der Waals surface area contributed by atoms with Crippen molar-refractivity contribution < 1.29 is 9.90 Å². The summed E-state index contributed by atoms with van der Waals surface area (Å²) in [6.07, 6.45) is 10.4. The van der Waals surface area contributed by atoms with Crippen molar-refractivity contribution in [2.45, 2.75) is 66.4 Å². The van der Waals surface area contributed by atoms with Gasteiger partial charge in [0.15, 0.2) is 7.28 Å². The molecule has 0 aromatic rings. The summed E-state index contributed by atoms with van der Waals surface area (Å²) in [6.45, 7) is 0. The Balaban J connectivity index is 2.14. The van der Waals surface area contributed by atoms with Crippen molar-refractivity contribution >= 4 is 35.8 Å². The third-order valence-corrected chi connectivity index (χ3v) is 5.90. The highest BCUT2D eigenvalue weighted by atomic mass is 127. The molecule has 2 bridgehead atoms. The van der Waals surface area contributed by atoms with Gasteiger partial charge in [0.1, 0.15) is 0 Å². The molecule has 0 amide bonds. The predicted octanol–water partition coefficient (Wildman–Crippen LogP) is 3.34. The highest BCUT2D eigenvalue weighted by Crippen LogP contribution is 2.53. The molecule has 0 aliphatic carbocycles. The summed E-state index contributed by atoms with van der Waals surface area (Å²) in [5, 5.41) is 9.13. The van der Waals surface area contributed by atoms with Gasteiger partial charge in [0.2, 0.25) is 0 Å². The standard InChI is InChI=1S/C12H20BIO2/c14-12-7-5-3-1-2-4-6-11(13-12,8-9-12)10(15)16/h13H,1-9H2,(H,15,16). The van der Waals surface area contributed by atoms with Crippen molar-refractivity contribution in [3.05, 3.63) is 0 Å². The Labute approximate surface area is 112 Å². The molecular formula is C12H20BIO2. The van der Waals surface area contributed by atoms with E-state index in [1.807, 2.05) is 0 Å². The van der Waals surface area contributed by atoms with Gasteiger partial charge in [-0.25, -0.2) is 0 Å². The number of aliphatic carboxylic acids is 1. The average molecular weight is 334 g/mol. The van der Waals surface area contributed by atoms with Crippen LogP contribution >= 0.6 is 22.6 Å². The maximum Gasteiger partial charge on any atom is 0.301 e. The number of hydrogen-bond donors (Lipinski definition) is 1. The van der Waals surface area contributed by atoms with Crippen LogP contribution in [0, 0.1) is 0 Å². The van der Waals surface area contributed by atoms with Gasteiger partial charge in [-0.15, -0.1) is 0 Å². The van der Waals surface area contributed by atoms with Gasteiger partial charge in [-0.1, -0.05) is 54.7 Å². The minimum atomic E-state index is -0.536. The van der Waals surface area contributed by atoms with Gasteiger partial charge in [0.05, 0.1) is 0 Å². The number of hydrogen-bond acceptors (Lipinski definition) is 1. The topological polar surface area (TPSA) is 37.3 Å². The lowest BCUT2D eigenvalue weighted by Gasteiger charge is -2.27. The quantitative estimate of drug-likeness (QED) is 0.454. The SMILES string of the molecule is O=C(O)C12BC(I)(CCCCCCC1)CC2. The molecule has 2 nitrogen and oxygen atoms in total. The smallest absolute Gasteiger partial charge is 0.301 e. The number of alkyl halides is 1. The second kappa shape index (κ2) is 4.87. The Morgan fingerprint density at radius 2 is 1.62 bits per heavy atom. The van der Waals surface area contributed by atoms with E-state index in [0.717, 1.165) is 33.0 Å². The zero-order valence-corrected chi connectivity index (χ0v) is 12.0. The van der Waals surface area contributed by atoms with E-state index in [0.29, 0.717) is 0 Å². The Bertz CT molecular complexity index is 284. The van der Waals surface area contributed by atoms with Crippen molar-refractivity contribution in [1.82, 2.24) is 0 Å². The fourth-order valence-electron chi connectivity index (χ4n) is 3.40. The van der Waals surface area contributed by atoms with Gasteiger partial charge >= 0.3 is 5.97 Å². The molecule has 0 aromatic carbocycles. The summed E-state index contributed by atoms with van der Waals surface area (Å²) in [7, 11) is 0.913. The Kier molecular flexibility index (Phi) is 3.87. The van der Waals surface area contributed by atoms with Gasteiger partial charge in [0, 0.05) is 5.31 Å². The molecule has 0 spiro atoms. The molecule has 2 rings (SSSR count). The van der Waals surface area contributed by atoms with E-state index in [-0.39, 0.29) is 8.64 Å². The number of carbonyl (C=O) groups is 1. The molecule has 2 fully saturated rings. The first-order valence-corrected chi connectivity index (χ1v) is 7.57. The number of carboxylic acids is 1. The highest BCUT2D eigenvalue weighted by Gasteiger charge is 2.51. The molecule has 0 saturated carbocycles. The van der Waals surface area contributed by atoms with E-state index in [2.05, 4.69) is 22.6 Å². The van der Waals surface area contributed by atoms with Crippen LogP contribution in [0.5, 0.6) is 0 Å². The molecule has 2 aliphatic heterocycles. The van der Waals surface area contributed by atoms with E-state index in [9.17, 15) is 9.90 Å². The summed E-state index contributed by atoms with van der Waals surface area (Å²) < 4.78 is 0.285. The van der Waals surface area contributed by atoms with Crippen LogP contribution in [0.15, 0.2) is 0 Å². The van der Waals surface area contributed by atoms with Crippen molar-refractivity contribution in [1.29, 1.82) is 0 Å². The molecular weight excluding hydrogens is 314 g/mol. The molecule has 1 N–H and O–H groups in total. The highest BCUT2D eigenvalue weighted by molar-refractivity contribution is 14.1. The summed E-state index contributed by atoms with van der Waals surface area (Å²) >= 11 is 2.55. The predicted molar refractivity (Wildman–Crippen MR) is 75.8 cm³/mol. The van der Waals surface area contributed by atoms with Gasteiger partial charge in [-0.2, -0.15) is 0 Å². The maximum absolute atomic E-state index is 11.5. The van der Waals surface area contributed by atoms with Crippen LogP contribution in [0.4, 0.5) is 0 Å². The third kappa shape index (κ3) is 2.57. The lowest BCUT2D eigenvalue weighted by atomic mass is 9.48. The molecule has 2 atom stereocenters. The largest absolute Gasteiger partial charge is 0.481 e. The van der Waals surface area contributed by atoms with E-state index < -0.39 is 5.97 Å². The first-order valence-electron chi connectivity index (χ1n) is 6.49. The maximum atomic E-state index is 11.5. The van der Waals surface area contributed by atoms with Crippen molar-refractivity contribution in [2.24, 2.45) is 0 Å². The lowest BCUT2D eigenvalue weighted by molar-refractivity contribution is -0.141. The summed E-state index contributed by atoms with van der Waals surface area (Å²) in [5.41, 5.74) is 0. The summed E-state index contributed by atoms with van der Waals surface area (Å²) in [4.78, 5) is 11.5. The van der Waals surface area contributed by atoms with Gasteiger partial charge < -0.3 is 5.11 Å². The summed E-state index contributed by atoms with van der Waals surface area (Å²) in [5.74, 6) is -0.536. The number of fused-ring (bicyclic) bond motifs is 2. The van der Waals surface area contributed by atoms with Crippen LogP contribution in [0.3, 0.4) is 0 Å². The third-order valence-electron chi connectivity index (χ3n) is 4.44. The summed E-state index contributed by atoms with van der Waals surface area (Å²) in [6, 6.07) is 0. The molecule has 2 saturated heterocycles. The minimum Gasteiger partial charge on any atom is -0.481 e. The van der Waals surface area contributed by atoms with Crippen molar-refractivity contribution in [3.63, 3.8) is 0 Å². The number of halogens is 1. The van der Waals surface area contributed by atoms with Crippen molar-refractivity contribution in [2.75, 3.05) is 0 Å². The molecule has 4 heteroatoms. The van der Waals surface area contributed by atoms with Crippen LogP contribution in [0.2, 0.25) is 5.31 Å². The van der Waals surface area contributed by atoms with E-state index in [1.165, 1.54) is 32.1 Å². The van der Waals surface area contributed by atoms with E-state index in [4.69, 9.17) is 0 Å². The first kappa shape index (κ1) is 12.7. The zero-order chi connectivity index (χ0) is 11.6. The van der Waals surface area contributed by atoms with Crippen LogP contribution in [0.25, 0.3) is 0 Å². The number of carboxylic acid groups (broad SMARTS) is 1. The fourth-order valence-corrected chi connectivity index (χ4v) is 4.78. The Hall–Kier alpha value is 0.265. The second-order valence-corrected chi connectivity index (χ2v) is 7.97. The molecule has 90 valence electrons. The Morgan fingerprint density at radius 3 is 2.31 bits per heavy atom. The van der Waals surface area contributed by atoms with E-state index in [1.54, 1.807) is 0 Å². The normalized spacial score (nSPS) is 40.1. The first-order chi connectivity index (χ1) is 7.56. The molecule has 2 unspecified atom stereocenters. The van der Waals surface area contributed by atoms with Crippen LogP contribution in [-0.4, -0.2) is 21.7 Å². The molecule has 16 heavy (non-hydrogen) atoms.